The molecule has 5 rings (SSSR count). The number of aryl methyl sites for hydroxylation is 1. The van der Waals surface area contributed by atoms with E-state index in [-0.39, 0.29) is 16.8 Å². The van der Waals surface area contributed by atoms with Crippen LogP contribution < -0.4 is 14.9 Å². The molecule has 1 aliphatic carbocycles. The number of piperazine rings is 1. The number of amides is 1. The van der Waals surface area contributed by atoms with Crippen LogP contribution in [-0.4, -0.2) is 51.9 Å². The Morgan fingerprint density at radius 1 is 1.00 bits per heavy atom. The summed E-state index contributed by atoms with van der Waals surface area (Å²) in [4.78, 5) is 17.5. The van der Waals surface area contributed by atoms with Crippen molar-refractivity contribution >= 4 is 38.9 Å². The summed E-state index contributed by atoms with van der Waals surface area (Å²) in [5.74, 6) is -0.352. The van der Waals surface area contributed by atoms with Gasteiger partial charge in [-0.1, -0.05) is 48.9 Å². The average Bonchev–Trinajstić information content (AvgIpc) is 2.93. The van der Waals surface area contributed by atoms with Gasteiger partial charge in [-0.25, -0.2) is 13.1 Å². The van der Waals surface area contributed by atoms with Crippen LogP contribution >= 0.6 is 11.6 Å². The van der Waals surface area contributed by atoms with Crippen LogP contribution in [0, 0.1) is 0 Å². The van der Waals surface area contributed by atoms with Crippen LogP contribution in [-0.2, 0) is 16.4 Å². The number of carbonyl (C=O) groups excluding carboxylic acids is 1. The second-order valence-electron chi connectivity index (χ2n) is 9.83. The van der Waals surface area contributed by atoms with Gasteiger partial charge in [0.2, 0.25) is 10.0 Å². The van der Waals surface area contributed by atoms with Crippen LogP contribution in [0.15, 0.2) is 71.6 Å². The van der Waals surface area contributed by atoms with Gasteiger partial charge < -0.3 is 15.1 Å². The van der Waals surface area contributed by atoms with Gasteiger partial charge in [0.1, 0.15) is 4.90 Å². The van der Waals surface area contributed by atoms with Crippen LogP contribution in [0.1, 0.15) is 47.3 Å². The number of hydrogen-bond donors (Lipinski definition) is 2. The van der Waals surface area contributed by atoms with Crippen molar-refractivity contribution in [3.8, 4) is 0 Å². The van der Waals surface area contributed by atoms with E-state index in [9.17, 15) is 13.2 Å². The highest BCUT2D eigenvalue weighted by atomic mass is 35.5. The number of hydrogen-bond acceptors (Lipinski definition) is 5. The predicted molar refractivity (Wildman–Crippen MR) is 153 cm³/mol. The number of rotatable bonds is 7. The highest BCUT2D eigenvalue weighted by Crippen LogP contribution is 2.34. The van der Waals surface area contributed by atoms with E-state index < -0.39 is 10.0 Å². The van der Waals surface area contributed by atoms with Gasteiger partial charge in [-0.2, -0.15) is 0 Å². The molecule has 2 aliphatic rings. The molecule has 0 saturated carbocycles. The number of anilines is 2. The molecule has 0 spiro atoms. The van der Waals surface area contributed by atoms with Crippen molar-refractivity contribution in [3.05, 3.63) is 88.4 Å². The maximum Gasteiger partial charge on any atom is 0.255 e. The van der Waals surface area contributed by atoms with E-state index in [0.29, 0.717) is 22.0 Å². The Labute approximate surface area is 229 Å². The molecule has 3 aromatic carbocycles. The van der Waals surface area contributed by atoms with E-state index in [1.54, 1.807) is 42.5 Å². The molecule has 1 aliphatic heterocycles. The normalized spacial score (nSPS) is 18.2. The van der Waals surface area contributed by atoms with Crippen LogP contribution in [0.4, 0.5) is 11.4 Å². The fraction of sp³-hybridized carbons (Fsp3) is 0.345. The Kier molecular flexibility index (Phi) is 8.04. The first-order valence-corrected chi connectivity index (χ1v) is 15.0. The first-order valence-electron chi connectivity index (χ1n) is 13.1. The number of nitrogens with one attached hydrogen (secondary N) is 2. The van der Waals surface area contributed by atoms with Crippen molar-refractivity contribution < 1.29 is 13.2 Å². The highest BCUT2D eigenvalue weighted by Gasteiger charge is 2.30. The monoisotopic (exact) mass is 552 g/mol. The topological polar surface area (TPSA) is 81.8 Å². The summed E-state index contributed by atoms with van der Waals surface area (Å²) in [7, 11) is -3.91. The summed E-state index contributed by atoms with van der Waals surface area (Å²) in [5, 5.41) is 3.30. The molecule has 3 aromatic rings. The minimum atomic E-state index is -3.91. The summed E-state index contributed by atoms with van der Waals surface area (Å²) >= 11 is 6.06. The number of fused-ring (bicyclic) bond motifs is 1. The van der Waals surface area contributed by atoms with Crippen LogP contribution in [0.2, 0.25) is 5.02 Å². The number of benzene rings is 3. The zero-order valence-electron chi connectivity index (χ0n) is 21.5. The molecule has 0 unspecified atom stereocenters. The first kappa shape index (κ1) is 26.7. The van der Waals surface area contributed by atoms with E-state index in [4.69, 9.17) is 11.6 Å². The lowest BCUT2D eigenvalue weighted by atomic mass is 9.88. The molecule has 200 valence electrons. The van der Waals surface area contributed by atoms with Gasteiger partial charge in [-0.3, -0.25) is 4.79 Å². The van der Waals surface area contributed by atoms with E-state index >= 15 is 0 Å². The predicted octanol–water partition coefficient (Wildman–Crippen LogP) is 5.09. The van der Waals surface area contributed by atoms with Crippen LogP contribution in [0.25, 0.3) is 0 Å². The molecule has 38 heavy (non-hydrogen) atoms. The molecule has 7 nitrogen and oxygen atoms in total. The van der Waals surface area contributed by atoms with Gasteiger partial charge >= 0.3 is 0 Å². The number of halogens is 1. The lowest BCUT2D eigenvalue weighted by Gasteiger charge is -2.36. The van der Waals surface area contributed by atoms with Gasteiger partial charge in [0.05, 0.1) is 5.69 Å². The maximum atomic E-state index is 14.0. The third-order valence-electron chi connectivity index (χ3n) is 7.42. The molecular weight excluding hydrogens is 520 g/mol. The van der Waals surface area contributed by atoms with E-state index in [1.807, 2.05) is 18.2 Å². The second kappa shape index (κ2) is 11.5. The molecule has 1 saturated heterocycles. The van der Waals surface area contributed by atoms with Crippen molar-refractivity contribution in [2.75, 3.05) is 42.9 Å². The first-order chi connectivity index (χ1) is 18.3. The van der Waals surface area contributed by atoms with Crippen molar-refractivity contribution in [3.63, 3.8) is 0 Å². The largest absolute Gasteiger partial charge is 0.368 e. The van der Waals surface area contributed by atoms with Crippen molar-refractivity contribution in [1.82, 2.24) is 9.62 Å². The molecule has 0 radical (unpaired) electrons. The summed E-state index contributed by atoms with van der Waals surface area (Å²) in [5.41, 5.74) is 3.68. The van der Waals surface area contributed by atoms with E-state index in [2.05, 4.69) is 32.8 Å². The fourth-order valence-electron chi connectivity index (χ4n) is 5.33. The van der Waals surface area contributed by atoms with Crippen molar-refractivity contribution in [2.24, 2.45) is 0 Å². The van der Waals surface area contributed by atoms with E-state index in [1.165, 1.54) is 5.56 Å². The van der Waals surface area contributed by atoms with Gasteiger partial charge in [0.15, 0.2) is 0 Å². The summed E-state index contributed by atoms with van der Waals surface area (Å²) in [6, 6.07) is 19.5. The third kappa shape index (κ3) is 5.89. The zero-order valence-corrected chi connectivity index (χ0v) is 23.1. The average molecular weight is 553 g/mol. The van der Waals surface area contributed by atoms with E-state index in [0.717, 1.165) is 57.5 Å². The second-order valence-corrected chi connectivity index (χ2v) is 12.0. The van der Waals surface area contributed by atoms with Crippen molar-refractivity contribution in [2.45, 2.75) is 37.1 Å². The number of likely N-dealkylation sites (N-methyl/N-ethyl adjacent to an activating group) is 1. The summed E-state index contributed by atoms with van der Waals surface area (Å²) in [6.07, 6.45) is 2.62. The maximum absolute atomic E-state index is 14.0. The molecule has 1 atom stereocenters. The Bertz CT molecular complexity index is 1420. The van der Waals surface area contributed by atoms with Crippen molar-refractivity contribution in [1.29, 1.82) is 0 Å². The minimum absolute atomic E-state index is 0.175. The fourth-order valence-corrected chi connectivity index (χ4v) is 7.02. The van der Waals surface area contributed by atoms with Crippen LogP contribution in [0.5, 0.6) is 0 Å². The SMILES string of the molecule is CCN1CCN(c2ccc(NC(=O)c3cccc(Cl)c3)cc2S(=O)(=O)N[C@@H]2CCCc3ccccc32)CC1. The smallest absolute Gasteiger partial charge is 0.255 e. The molecule has 1 fully saturated rings. The summed E-state index contributed by atoms with van der Waals surface area (Å²) < 4.78 is 30.9. The number of sulfonamides is 1. The molecule has 1 heterocycles. The molecular formula is C29H33ClN4O3S. The van der Waals surface area contributed by atoms with Gasteiger partial charge in [-0.15, -0.1) is 0 Å². The third-order valence-corrected chi connectivity index (χ3v) is 9.16. The van der Waals surface area contributed by atoms with Crippen LogP contribution in [0.3, 0.4) is 0 Å². The Hall–Kier alpha value is -2.91. The molecule has 1 amide bonds. The molecule has 0 aromatic heterocycles. The molecule has 0 bridgehead atoms. The molecule has 9 heteroatoms. The van der Waals surface area contributed by atoms with Gasteiger partial charge in [0, 0.05) is 48.5 Å². The standard InChI is InChI=1S/C29H33ClN4O3S/c1-2-33-15-17-34(18-16-33)27-14-13-24(31-29(35)22-9-5-10-23(30)19-22)20-28(27)38(36,37)32-26-12-6-8-21-7-3-4-11-25(21)26/h3-5,7,9-11,13-14,19-20,26,32H,2,6,8,12,15-18H2,1H3,(H,31,35)/t26-/m1/s1. The minimum Gasteiger partial charge on any atom is -0.368 e. The highest BCUT2D eigenvalue weighted by molar-refractivity contribution is 7.89. The Balaban J connectivity index is 1.47. The summed E-state index contributed by atoms with van der Waals surface area (Å²) in [6.45, 7) is 6.30. The molecule has 2 N–H and O–H groups in total. The zero-order chi connectivity index (χ0) is 26.7. The number of carbonyl (C=O) groups is 1. The number of nitrogens with zero attached hydrogens (tertiary/aromatic N) is 2. The lowest BCUT2D eigenvalue weighted by molar-refractivity contribution is 0.102. The quantitative estimate of drug-likeness (QED) is 0.427. The van der Waals surface area contributed by atoms with Gasteiger partial charge in [0.25, 0.3) is 5.91 Å². The lowest BCUT2D eigenvalue weighted by Crippen LogP contribution is -2.46. The Morgan fingerprint density at radius 2 is 1.79 bits per heavy atom. The van der Waals surface area contributed by atoms with Gasteiger partial charge in [-0.05, 0) is 73.3 Å². The Morgan fingerprint density at radius 3 is 2.55 bits per heavy atom.